The third kappa shape index (κ3) is 2.32. The summed E-state index contributed by atoms with van der Waals surface area (Å²) < 4.78 is 5.52. The Balaban J connectivity index is 1.79. The quantitative estimate of drug-likeness (QED) is 0.794. The van der Waals surface area contributed by atoms with Crippen LogP contribution in [0.3, 0.4) is 0 Å². The van der Waals surface area contributed by atoms with Crippen molar-refractivity contribution >= 4 is 0 Å². The average Bonchev–Trinajstić information content (AvgIpc) is 2.91. The summed E-state index contributed by atoms with van der Waals surface area (Å²) in [5, 5.41) is 0. The van der Waals surface area contributed by atoms with Crippen LogP contribution in [0.2, 0.25) is 0 Å². The van der Waals surface area contributed by atoms with Crippen LogP contribution in [0.25, 0.3) is 0 Å². The monoisotopic (exact) mass is 245 g/mol. The van der Waals surface area contributed by atoms with Gasteiger partial charge < -0.3 is 4.74 Å². The van der Waals surface area contributed by atoms with Crippen LogP contribution < -0.4 is 0 Å². The predicted molar refractivity (Wildman–Crippen MR) is 73.9 cm³/mol. The number of hydrogen-bond acceptors (Lipinski definition) is 2. The Labute approximate surface area is 110 Å². The summed E-state index contributed by atoms with van der Waals surface area (Å²) in [5.41, 5.74) is 4.56. The lowest BCUT2D eigenvalue weighted by atomic mass is 9.93. The highest BCUT2D eigenvalue weighted by molar-refractivity contribution is 5.35. The van der Waals surface area contributed by atoms with Crippen LogP contribution >= 0.6 is 0 Å². The molecule has 98 valence electrons. The van der Waals surface area contributed by atoms with Crippen LogP contribution in [0, 0.1) is 0 Å². The Hall–Kier alpha value is -0.860. The Morgan fingerprint density at radius 2 is 2.17 bits per heavy atom. The van der Waals surface area contributed by atoms with Crippen molar-refractivity contribution in [1.29, 1.82) is 0 Å². The molecule has 2 heteroatoms. The van der Waals surface area contributed by atoms with Crippen molar-refractivity contribution in [2.75, 3.05) is 19.8 Å². The van der Waals surface area contributed by atoms with Crippen LogP contribution in [-0.4, -0.2) is 30.7 Å². The molecule has 0 bridgehead atoms. The van der Waals surface area contributed by atoms with E-state index in [-0.39, 0.29) is 0 Å². The fourth-order valence-corrected chi connectivity index (χ4v) is 3.08. The minimum absolute atomic E-state index is 0.625. The summed E-state index contributed by atoms with van der Waals surface area (Å²) in [6.45, 7) is 8.73. The molecule has 2 nitrogen and oxygen atoms in total. The maximum Gasteiger partial charge on any atom is 0.0622 e. The zero-order valence-corrected chi connectivity index (χ0v) is 11.5. The summed E-state index contributed by atoms with van der Waals surface area (Å²) in [6, 6.07) is 7.72. The largest absolute Gasteiger partial charge is 0.380 e. The van der Waals surface area contributed by atoms with E-state index in [0.29, 0.717) is 12.0 Å². The molecule has 18 heavy (non-hydrogen) atoms. The normalized spacial score (nSPS) is 24.5. The van der Waals surface area contributed by atoms with Gasteiger partial charge in [-0.05, 0) is 35.4 Å². The molecule has 0 amide bonds. The molecule has 1 atom stereocenters. The van der Waals surface area contributed by atoms with Crippen molar-refractivity contribution in [3.8, 4) is 0 Å². The van der Waals surface area contributed by atoms with E-state index in [0.717, 1.165) is 19.8 Å². The van der Waals surface area contributed by atoms with E-state index in [9.17, 15) is 0 Å². The second kappa shape index (κ2) is 5.02. The minimum atomic E-state index is 0.625. The van der Waals surface area contributed by atoms with E-state index < -0.39 is 0 Å². The molecule has 2 aliphatic heterocycles. The predicted octanol–water partition coefficient (Wildman–Crippen LogP) is 2.96. The molecule has 1 aromatic carbocycles. The molecule has 0 N–H and O–H groups in total. The molecule has 1 saturated heterocycles. The topological polar surface area (TPSA) is 12.5 Å². The summed E-state index contributed by atoms with van der Waals surface area (Å²) in [6.07, 6.45) is 2.41. The standard InChI is InChI=1S/C16H23NO/c1-12(2)14-4-3-13-5-7-17(10-15(13)9-14)16-6-8-18-11-16/h3-4,9,12,16H,5-8,10-11H2,1-2H3. The van der Waals surface area contributed by atoms with Crippen molar-refractivity contribution in [2.45, 2.75) is 45.2 Å². The van der Waals surface area contributed by atoms with Gasteiger partial charge in [-0.25, -0.2) is 0 Å². The zero-order chi connectivity index (χ0) is 12.5. The molecule has 0 spiro atoms. The first-order valence-electron chi connectivity index (χ1n) is 7.17. The SMILES string of the molecule is CC(C)c1ccc2c(c1)CN(C1CCOC1)CC2. The van der Waals surface area contributed by atoms with Gasteiger partial charge in [-0.15, -0.1) is 0 Å². The first-order chi connectivity index (χ1) is 8.74. The molecule has 1 unspecified atom stereocenters. The highest BCUT2D eigenvalue weighted by Crippen LogP contribution is 2.26. The highest BCUT2D eigenvalue weighted by atomic mass is 16.5. The third-order valence-electron chi connectivity index (χ3n) is 4.36. The van der Waals surface area contributed by atoms with Gasteiger partial charge in [-0.3, -0.25) is 4.90 Å². The van der Waals surface area contributed by atoms with Crippen LogP contribution in [0.15, 0.2) is 18.2 Å². The Morgan fingerprint density at radius 1 is 1.28 bits per heavy atom. The molecule has 0 aliphatic carbocycles. The Bertz CT molecular complexity index is 421. The van der Waals surface area contributed by atoms with Crippen molar-refractivity contribution in [2.24, 2.45) is 0 Å². The summed E-state index contributed by atoms with van der Waals surface area (Å²) in [4.78, 5) is 2.61. The Kier molecular flexibility index (Phi) is 3.40. The average molecular weight is 245 g/mol. The van der Waals surface area contributed by atoms with Gasteiger partial charge in [0.15, 0.2) is 0 Å². The highest BCUT2D eigenvalue weighted by Gasteiger charge is 2.26. The number of rotatable bonds is 2. The van der Waals surface area contributed by atoms with Gasteiger partial charge in [0.1, 0.15) is 0 Å². The van der Waals surface area contributed by atoms with Crippen LogP contribution in [-0.2, 0) is 17.7 Å². The van der Waals surface area contributed by atoms with Crippen molar-refractivity contribution < 1.29 is 4.74 Å². The molecule has 1 fully saturated rings. The van der Waals surface area contributed by atoms with E-state index in [1.54, 1.807) is 11.1 Å². The summed E-state index contributed by atoms with van der Waals surface area (Å²) >= 11 is 0. The molecular weight excluding hydrogens is 222 g/mol. The van der Waals surface area contributed by atoms with Gasteiger partial charge in [0.25, 0.3) is 0 Å². The van der Waals surface area contributed by atoms with E-state index in [1.807, 2.05) is 0 Å². The van der Waals surface area contributed by atoms with Gasteiger partial charge in [-0.1, -0.05) is 32.0 Å². The van der Waals surface area contributed by atoms with Crippen LogP contribution in [0.4, 0.5) is 0 Å². The molecule has 2 aliphatic rings. The zero-order valence-electron chi connectivity index (χ0n) is 11.5. The molecule has 0 aromatic heterocycles. The minimum Gasteiger partial charge on any atom is -0.380 e. The second-order valence-electron chi connectivity index (χ2n) is 5.92. The maximum atomic E-state index is 5.52. The summed E-state index contributed by atoms with van der Waals surface area (Å²) in [7, 11) is 0. The van der Waals surface area contributed by atoms with Crippen molar-refractivity contribution in [3.05, 3.63) is 34.9 Å². The molecular formula is C16H23NO. The third-order valence-corrected chi connectivity index (χ3v) is 4.36. The van der Waals surface area contributed by atoms with Crippen molar-refractivity contribution in [3.63, 3.8) is 0 Å². The number of benzene rings is 1. The molecule has 0 radical (unpaired) electrons. The first kappa shape index (κ1) is 12.2. The van der Waals surface area contributed by atoms with Crippen LogP contribution in [0.1, 0.15) is 42.9 Å². The number of fused-ring (bicyclic) bond motifs is 1. The van der Waals surface area contributed by atoms with Gasteiger partial charge >= 0.3 is 0 Å². The van der Waals surface area contributed by atoms with E-state index in [2.05, 4.69) is 36.9 Å². The van der Waals surface area contributed by atoms with Gasteiger partial charge in [0.2, 0.25) is 0 Å². The Morgan fingerprint density at radius 3 is 2.89 bits per heavy atom. The van der Waals surface area contributed by atoms with Gasteiger partial charge in [-0.2, -0.15) is 0 Å². The number of hydrogen-bond donors (Lipinski definition) is 0. The lowest BCUT2D eigenvalue weighted by Gasteiger charge is -2.33. The fraction of sp³-hybridized carbons (Fsp3) is 0.625. The number of ether oxygens (including phenoxy) is 1. The molecule has 0 saturated carbocycles. The van der Waals surface area contributed by atoms with E-state index >= 15 is 0 Å². The first-order valence-corrected chi connectivity index (χ1v) is 7.17. The molecule has 3 rings (SSSR count). The van der Waals surface area contributed by atoms with E-state index in [1.165, 1.54) is 24.9 Å². The van der Waals surface area contributed by atoms with Gasteiger partial charge in [0.05, 0.1) is 6.61 Å². The molecule has 2 heterocycles. The van der Waals surface area contributed by atoms with Crippen LogP contribution in [0.5, 0.6) is 0 Å². The fourth-order valence-electron chi connectivity index (χ4n) is 3.08. The number of nitrogens with zero attached hydrogens (tertiary/aromatic N) is 1. The van der Waals surface area contributed by atoms with Gasteiger partial charge in [0, 0.05) is 25.7 Å². The summed E-state index contributed by atoms with van der Waals surface area (Å²) in [5.74, 6) is 0.625. The lowest BCUT2D eigenvalue weighted by molar-refractivity contribution is 0.135. The molecule has 1 aromatic rings. The lowest BCUT2D eigenvalue weighted by Crippen LogP contribution is -2.39. The smallest absolute Gasteiger partial charge is 0.0622 e. The van der Waals surface area contributed by atoms with Crippen molar-refractivity contribution in [1.82, 2.24) is 4.90 Å². The second-order valence-corrected chi connectivity index (χ2v) is 5.92. The van der Waals surface area contributed by atoms with E-state index in [4.69, 9.17) is 4.74 Å². The maximum absolute atomic E-state index is 5.52.